The van der Waals surface area contributed by atoms with Crippen molar-refractivity contribution in [2.75, 3.05) is 4.72 Å². The van der Waals surface area contributed by atoms with Crippen LogP contribution in [0, 0.1) is 0 Å². The fraction of sp³-hybridized carbons (Fsp3) is 0.286. The zero-order valence-corrected chi connectivity index (χ0v) is 17.3. The first-order chi connectivity index (χ1) is 14.1. The molecule has 1 aromatic heterocycles. The fourth-order valence-corrected chi connectivity index (χ4v) is 3.88. The van der Waals surface area contributed by atoms with E-state index in [-0.39, 0.29) is 10.6 Å². The van der Waals surface area contributed by atoms with Gasteiger partial charge in [-0.2, -0.15) is 13.2 Å². The lowest BCUT2D eigenvalue weighted by Gasteiger charge is -2.13. The highest BCUT2D eigenvalue weighted by Crippen LogP contribution is 2.30. The standard InChI is InChI=1S/C21H22F3N3O2S/c1-3-14(2)25-13-17-10-7-15-5-4-6-19(20(15)26-17)27-30(28,29)18-11-8-16(9-12-18)21(22,23)24/h4-12,14,25,27H,3,13H2,1-2H3. The van der Waals surface area contributed by atoms with E-state index in [1.807, 2.05) is 18.2 Å². The van der Waals surface area contributed by atoms with E-state index in [1.165, 1.54) is 0 Å². The number of anilines is 1. The van der Waals surface area contributed by atoms with Crippen LogP contribution in [-0.2, 0) is 22.7 Å². The first-order valence-electron chi connectivity index (χ1n) is 9.42. The molecule has 0 spiro atoms. The van der Waals surface area contributed by atoms with Crippen LogP contribution < -0.4 is 10.0 Å². The molecule has 0 aliphatic heterocycles. The summed E-state index contributed by atoms with van der Waals surface area (Å²) in [5.41, 5.74) is 0.574. The second-order valence-corrected chi connectivity index (χ2v) is 8.68. The summed E-state index contributed by atoms with van der Waals surface area (Å²) in [6, 6.07) is 12.5. The maximum Gasteiger partial charge on any atom is 0.416 e. The molecule has 0 fully saturated rings. The van der Waals surface area contributed by atoms with Crippen LogP contribution in [0.15, 0.2) is 59.5 Å². The summed E-state index contributed by atoms with van der Waals surface area (Å²) in [5.74, 6) is 0. The fourth-order valence-electron chi connectivity index (χ4n) is 2.82. The van der Waals surface area contributed by atoms with Crippen LogP contribution in [0.4, 0.5) is 18.9 Å². The lowest BCUT2D eigenvalue weighted by atomic mass is 10.1. The van der Waals surface area contributed by atoms with Gasteiger partial charge in [-0.3, -0.25) is 4.72 Å². The molecule has 1 unspecified atom stereocenters. The van der Waals surface area contributed by atoms with Gasteiger partial charge in [-0.1, -0.05) is 25.1 Å². The lowest BCUT2D eigenvalue weighted by Crippen LogP contribution is -2.24. The van der Waals surface area contributed by atoms with E-state index in [9.17, 15) is 21.6 Å². The molecule has 0 radical (unpaired) electrons. The molecule has 1 atom stereocenters. The maximum atomic E-state index is 12.7. The van der Waals surface area contributed by atoms with Gasteiger partial charge in [0.1, 0.15) is 0 Å². The molecule has 3 rings (SSSR count). The van der Waals surface area contributed by atoms with Gasteiger partial charge in [-0.05, 0) is 49.7 Å². The van der Waals surface area contributed by atoms with E-state index in [1.54, 1.807) is 12.1 Å². The van der Waals surface area contributed by atoms with Crippen LogP contribution in [0.3, 0.4) is 0 Å². The van der Waals surface area contributed by atoms with Crippen molar-refractivity contribution >= 4 is 26.6 Å². The second-order valence-electron chi connectivity index (χ2n) is 7.00. The summed E-state index contributed by atoms with van der Waals surface area (Å²) in [4.78, 5) is 4.31. The SMILES string of the molecule is CCC(C)NCc1ccc2cccc(NS(=O)(=O)c3ccc(C(F)(F)F)cc3)c2n1. The molecule has 0 aliphatic carbocycles. The first kappa shape index (κ1) is 22.0. The van der Waals surface area contributed by atoms with Gasteiger partial charge in [-0.15, -0.1) is 0 Å². The number of nitrogens with zero attached hydrogens (tertiary/aromatic N) is 1. The molecule has 0 bridgehead atoms. The lowest BCUT2D eigenvalue weighted by molar-refractivity contribution is -0.137. The number of hydrogen-bond donors (Lipinski definition) is 2. The van der Waals surface area contributed by atoms with Crippen molar-refractivity contribution in [3.63, 3.8) is 0 Å². The van der Waals surface area contributed by atoms with Gasteiger partial charge in [0.05, 0.1) is 27.4 Å². The molecule has 2 N–H and O–H groups in total. The Hall–Kier alpha value is -2.65. The number of nitrogens with one attached hydrogen (secondary N) is 2. The monoisotopic (exact) mass is 437 g/mol. The van der Waals surface area contributed by atoms with E-state index < -0.39 is 21.8 Å². The summed E-state index contributed by atoms with van der Waals surface area (Å²) in [6.45, 7) is 4.66. The Morgan fingerprint density at radius 1 is 1.03 bits per heavy atom. The topological polar surface area (TPSA) is 71.1 Å². The molecule has 0 saturated carbocycles. The van der Waals surface area contributed by atoms with E-state index in [0.717, 1.165) is 41.8 Å². The number of aromatic nitrogens is 1. The minimum absolute atomic E-state index is 0.262. The van der Waals surface area contributed by atoms with Crippen molar-refractivity contribution < 1.29 is 21.6 Å². The second kappa shape index (κ2) is 8.61. The molecule has 30 heavy (non-hydrogen) atoms. The van der Waals surface area contributed by atoms with E-state index >= 15 is 0 Å². The largest absolute Gasteiger partial charge is 0.416 e. The molecule has 0 aliphatic rings. The van der Waals surface area contributed by atoms with Gasteiger partial charge < -0.3 is 5.32 Å². The third-order valence-corrected chi connectivity index (χ3v) is 6.14. The quantitative estimate of drug-likeness (QED) is 0.549. The summed E-state index contributed by atoms with van der Waals surface area (Å²) < 4.78 is 66.1. The Morgan fingerprint density at radius 3 is 2.37 bits per heavy atom. The third-order valence-electron chi connectivity index (χ3n) is 4.76. The van der Waals surface area contributed by atoms with Crippen LogP contribution in [0.1, 0.15) is 31.5 Å². The van der Waals surface area contributed by atoms with E-state index in [0.29, 0.717) is 18.1 Å². The summed E-state index contributed by atoms with van der Waals surface area (Å²) in [5, 5.41) is 4.08. The minimum atomic E-state index is -4.53. The maximum absolute atomic E-state index is 12.7. The number of fused-ring (bicyclic) bond motifs is 1. The predicted molar refractivity (Wildman–Crippen MR) is 111 cm³/mol. The van der Waals surface area contributed by atoms with Crippen molar-refractivity contribution in [1.29, 1.82) is 0 Å². The molecule has 9 heteroatoms. The minimum Gasteiger partial charge on any atom is -0.309 e. The van der Waals surface area contributed by atoms with Crippen LogP contribution in [0.2, 0.25) is 0 Å². The van der Waals surface area contributed by atoms with Crippen molar-refractivity contribution in [1.82, 2.24) is 10.3 Å². The van der Waals surface area contributed by atoms with E-state index in [4.69, 9.17) is 0 Å². The molecular weight excluding hydrogens is 415 g/mol. The zero-order valence-electron chi connectivity index (χ0n) is 16.5. The van der Waals surface area contributed by atoms with Crippen LogP contribution >= 0.6 is 0 Å². The van der Waals surface area contributed by atoms with Crippen molar-refractivity contribution in [3.05, 3.63) is 65.9 Å². The molecular formula is C21H22F3N3O2S. The average molecular weight is 437 g/mol. The summed E-state index contributed by atoms with van der Waals surface area (Å²) >= 11 is 0. The Labute approximate surface area is 173 Å². The molecule has 0 saturated heterocycles. The van der Waals surface area contributed by atoms with Crippen molar-refractivity contribution in [2.45, 2.75) is 43.9 Å². The molecule has 2 aromatic carbocycles. The number of pyridine rings is 1. The number of hydrogen-bond acceptors (Lipinski definition) is 4. The van der Waals surface area contributed by atoms with Gasteiger partial charge in [0, 0.05) is 18.0 Å². The first-order valence-corrected chi connectivity index (χ1v) is 10.9. The molecule has 0 amide bonds. The van der Waals surface area contributed by atoms with E-state index in [2.05, 4.69) is 28.9 Å². The Morgan fingerprint density at radius 2 is 1.73 bits per heavy atom. The Balaban J connectivity index is 1.90. The van der Waals surface area contributed by atoms with Gasteiger partial charge in [0.15, 0.2) is 0 Å². The van der Waals surface area contributed by atoms with Crippen molar-refractivity contribution in [2.24, 2.45) is 0 Å². The number of alkyl halides is 3. The highest BCUT2D eigenvalue weighted by Gasteiger charge is 2.30. The van der Waals surface area contributed by atoms with Gasteiger partial charge in [0.25, 0.3) is 10.0 Å². The molecule has 5 nitrogen and oxygen atoms in total. The zero-order chi connectivity index (χ0) is 21.9. The highest BCUT2D eigenvalue weighted by molar-refractivity contribution is 7.92. The van der Waals surface area contributed by atoms with Crippen LogP contribution in [0.25, 0.3) is 10.9 Å². The Kier molecular flexibility index (Phi) is 6.33. The summed E-state index contributed by atoms with van der Waals surface area (Å²) in [6.07, 6.45) is -3.57. The van der Waals surface area contributed by atoms with Gasteiger partial charge >= 0.3 is 6.18 Å². The molecule has 3 aromatic rings. The third kappa shape index (κ3) is 5.09. The van der Waals surface area contributed by atoms with Gasteiger partial charge in [-0.25, -0.2) is 13.4 Å². The number of sulfonamides is 1. The van der Waals surface area contributed by atoms with Gasteiger partial charge in [0.2, 0.25) is 0 Å². The Bertz CT molecular complexity index is 1130. The number of para-hydroxylation sites is 1. The number of benzene rings is 2. The average Bonchev–Trinajstić information content (AvgIpc) is 2.71. The normalized spacial score (nSPS) is 13.4. The molecule has 1 heterocycles. The molecule has 160 valence electrons. The smallest absolute Gasteiger partial charge is 0.309 e. The highest BCUT2D eigenvalue weighted by atomic mass is 32.2. The predicted octanol–water partition coefficient (Wildman–Crippen LogP) is 4.94. The van der Waals surface area contributed by atoms with Crippen LogP contribution in [0.5, 0.6) is 0 Å². The number of rotatable bonds is 7. The van der Waals surface area contributed by atoms with Crippen LogP contribution in [-0.4, -0.2) is 19.4 Å². The summed E-state index contributed by atoms with van der Waals surface area (Å²) in [7, 11) is -4.08. The van der Waals surface area contributed by atoms with Crippen molar-refractivity contribution in [3.8, 4) is 0 Å². The number of halogens is 3.